The van der Waals surface area contributed by atoms with E-state index >= 15 is 0 Å². The maximum atomic E-state index is 11.6. The number of hydrogen-bond acceptors (Lipinski definition) is 2. The summed E-state index contributed by atoms with van der Waals surface area (Å²) in [6.45, 7) is 0. The van der Waals surface area contributed by atoms with Gasteiger partial charge in [0.15, 0.2) is 0 Å². The monoisotopic (exact) mass is 448 g/mol. The van der Waals surface area contributed by atoms with Crippen LogP contribution in [0.2, 0.25) is 0 Å². The summed E-state index contributed by atoms with van der Waals surface area (Å²) in [4.78, 5) is 15.1. The Balaban J connectivity index is 1.92. The minimum Gasteiger partial charge on any atom is -0.480 e. The zero-order valence-corrected chi connectivity index (χ0v) is 15.7. The van der Waals surface area contributed by atoms with Gasteiger partial charge < -0.3 is 10.1 Å². The van der Waals surface area contributed by atoms with Crippen LogP contribution in [0.3, 0.4) is 0 Å². The van der Waals surface area contributed by atoms with Crippen molar-refractivity contribution in [2.24, 2.45) is 0 Å². The van der Waals surface area contributed by atoms with Gasteiger partial charge in [0.25, 0.3) is 0 Å². The number of hydrogen-bond donors (Lipinski definition) is 3. The van der Waals surface area contributed by atoms with E-state index in [0.717, 1.165) is 36.7 Å². The molecule has 0 spiro atoms. The average Bonchev–Trinajstić information content (AvgIpc) is 2.93. The Bertz CT molecular complexity index is 951. The summed E-state index contributed by atoms with van der Waals surface area (Å²) < 4.78 is 1.91. The Hall–Kier alpha value is -1.63. The van der Waals surface area contributed by atoms with Crippen molar-refractivity contribution in [3.63, 3.8) is 0 Å². The molecule has 4 nitrogen and oxygen atoms in total. The van der Waals surface area contributed by atoms with Crippen LogP contribution in [-0.4, -0.2) is 22.1 Å². The summed E-state index contributed by atoms with van der Waals surface area (Å²) in [7, 11) is 0. The molecule has 2 heterocycles. The van der Waals surface area contributed by atoms with Crippen molar-refractivity contribution in [3.8, 4) is 0 Å². The van der Waals surface area contributed by atoms with E-state index in [0.29, 0.717) is 6.42 Å². The highest BCUT2D eigenvalue weighted by Gasteiger charge is 2.34. The van der Waals surface area contributed by atoms with Gasteiger partial charge in [0.05, 0.1) is 6.04 Å². The average molecular weight is 450 g/mol. The van der Waals surface area contributed by atoms with E-state index in [1.807, 2.05) is 42.5 Å². The Morgan fingerprint density at radius 1 is 1.17 bits per heavy atom. The summed E-state index contributed by atoms with van der Waals surface area (Å²) in [5.41, 5.74) is 4.17. The second-order valence-corrected chi connectivity index (χ2v) is 7.69. The summed E-state index contributed by atoms with van der Waals surface area (Å²) in [5.74, 6) is -0.829. The summed E-state index contributed by atoms with van der Waals surface area (Å²) in [5, 5.41) is 13.9. The van der Waals surface area contributed by atoms with E-state index < -0.39 is 12.0 Å². The van der Waals surface area contributed by atoms with Crippen LogP contribution in [0.4, 0.5) is 0 Å². The van der Waals surface area contributed by atoms with E-state index in [9.17, 15) is 9.90 Å². The third-order valence-corrected chi connectivity index (χ3v) is 5.66. The van der Waals surface area contributed by atoms with Crippen LogP contribution in [0.1, 0.15) is 22.9 Å². The molecule has 4 rings (SSSR count). The van der Waals surface area contributed by atoms with Gasteiger partial charge >= 0.3 is 5.97 Å². The highest BCUT2D eigenvalue weighted by Crippen LogP contribution is 2.38. The first-order chi connectivity index (χ1) is 11.5. The molecule has 2 atom stereocenters. The molecule has 0 bridgehead atoms. The van der Waals surface area contributed by atoms with Crippen LogP contribution >= 0.6 is 31.9 Å². The third kappa shape index (κ3) is 2.59. The smallest absolute Gasteiger partial charge is 0.321 e. The van der Waals surface area contributed by atoms with Gasteiger partial charge in [-0.05, 0) is 29.3 Å². The number of benzene rings is 2. The van der Waals surface area contributed by atoms with Gasteiger partial charge in [0, 0.05) is 32.0 Å². The number of halogens is 2. The molecule has 0 amide bonds. The molecular formula is C18H14Br2N2O2. The molecule has 0 aliphatic carbocycles. The van der Waals surface area contributed by atoms with E-state index in [2.05, 4.69) is 42.2 Å². The first kappa shape index (κ1) is 15.9. The van der Waals surface area contributed by atoms with Crippen LogP contribution in [0.5, 0.6) is 0 Å². The maximum absolute atomic E-state index is 11.6. The Kier molecular flexibility index (Phi) is 3.98. The number of carboxylic acids is 1. The van der Waals surface area contributed by atoms with Gasteiger partial charge in [-0.15, -0.1) is 0 Å². The SMILES string of the molecule is O=C(O)[C@@H]1Cc2c([nH]c3ccccc23)[C@@H](c2ccc(Br)cc2Br)N1. The summed E-state index contributed by atoms with van der Waals surface area (Å²) >= 11 is 7.07. The zero-order valence-electron chi connectivity index (χ0n) is 12.5. The van der Waals surface area contributed by atoms with Gasteiger partial charge in [-0.25, -0.2) is 0 Å². The molecule has 24 heavy (non-hydrogen) atoms. The predicted molar refractivity (Wildman–Crippen MR) is 100 cm³/mol. The molecule has 1 aliphatic heterocycles. The lowest BCUT2D eigenvalue weighted by Gasteiger charge is -2.30. The molecule has 0 saturated carbocycles. The summed E-state index contributed by atoms with van der Waals surface area (Å²) in [6.07, 6.45) is 0.472. The molecule has 122 valence electrons. The predicted octanol–water partition coefficient (Wildman–Crippen LogP) is 4.38. The van der Waals surface area contributed by atoms with Crippen LogP contribution in [-0.2, 0) is 11.2 Å². The number of carbonyl (C=O) groups is 1. The van der Waals surface area contributed by atoms with E-state index in [-0.39, 0.29) is 6.04 Å². The fourth-order valence-electron chi connectivity index (χ4n) is 3.37. The lowest BCUT2D eigenvalue weighted by molar-refractivity contribution is -0.139. The van der Waals surface area contributed by atoms with E-state index in [1.54, 1.807) is 0 Å². The minimum absolute atomic E-state index is 0.204. The van der Waals surface area contributed by atoms with Gasteiger partial charge in [0.2, 0.25) is 0 Å². The molecule has 1 aromatic heterocycles. The maximum Gasteiger partial charge on any atom is 0.321 e. The molecule has 1 aliphatic rings. The quantitative estimate of drug-likeness (QED) is 0.543. The molecule has 3 aromatic rings. The van der Waals surface area contributed by atoms with Crippen molar-refractivity contribution in [1.29, 1.82) is 0 Å². The van der Waals surface area contributed by atoms with Crippen LogP contribution < -0.4 is 5.32 Å². The van der Waals surface area contributed by atoms with Crippen molar-refractivity contribution in [2.45, 2.75) is 18.5 Å². The topological polar surface area (TPSA) is 65.1 Å². The molecule has 0 unspecified atom stereocenters. The first-order valence-corrected chi connectivity index (χ1v) is 9.16. The molecule has 0 fully saturated rings. The van der Waals surface area contributed by atoms with Crippen LogP contribution in [0, 0.1) is 0 Å². The fourth-order valence-corrected chi connectivity index (χ4v) is 4.65. The highest BCUT2D eigenvalue weighted by atomic mass is 79.9. The van der Waals surface area contributed by atoms with Gasteiger partial charge in [-0.2, -0.15) is 0 Å². The van der Waals surface area contributed by atoms with Crippen molar-refractivity contribution in [3.05, 3.63) is 68.2 Å². The van der Waals surface area contributed by atoms with Crippen LogP contribution in [0.25, 0.3) is 10.9 Å². The number of H-pyrrole nitrogens is 1. The minimum atomic E-state index is -0.829. The Labute approximate surface area is 155 Å². The van der Waals surface area contributed by atoms with E-state index in [4.69, 9.17) is 0 Å². The standard InChI is InChI=1S/C18H14Br2N2O2/c19-9-5-6-11(13(20)7-9)16-17-12(8-15(22-16)18(23)24)10-3-1-2-4-14(10)21-17/h1-7,15-16,21-22H,8H2,(H,23,24)/t15-,16+/m0/s1. The summed E-state index contributed by atoms with van der Waals surface area (Å²) in [6, 6.07) is 13.2. The van der Waals surface area contributed by atoms with Crippen molar-refractivity contribution in [2.75, 3.05) is 0 Å². The van der Waals surface area contributed by atoms with Crippen molar-refractivity contribution < 1.29 is 9.90 Å². The normalized spacial score (nSPS) is 20.1. The van der Waals surface area contributed by atoms with Gasteiger partial charge in [-0.3, -0.25) is 10.1 Å². The van der Waals surface area contributed by atoms with Crippen molar-refractivity contribution in [1.82, 2.24) is 10.3 Å². The lowest BCUT2D eigenvalue weighted by Crippen LogP contribution is -2.45. The second kappa shape index (κ2) is 6.02. The van der Waals surface area contributed by atoms with Gasteiger partial charge in [0.1, 0.15) is 6.04 Å². The Morgan fingerprint density at radius 3 is 2.71 bits per heavy atom. The number of aliphatic carboxylic acids is 1. The number of aromatic nitrogens is 1. The number of nitrogens with one attached hydrogen (secondary N) is 2. The number of rotatable bonds is 2. The van der Waals surface area contributed by atoms with Gasteiger partial charge in [-0.1, -0.05) is 56.1 Å². The highest BCUT2D eigenvalue weighted by molar-refractivity contribution is 9.11. The van der Waals surface area contributed by atoms with Crippen LogP contribution in [0.15, 0.2) is 51.4 Å². The van der Waals surface area contributed by atoms with Crippen molar-refractivity contribution >= 4 is 48.7 Å². The third-order valence-electron chi connectivity index (χ3n) is 4.48. The molecule has 0 saturated heterocycles. The first-order valence-electron chi connectivity index (χ1n) is 7.58. The number of para-hydroxylation sites is 1. The molecule has 2 aromatic carbocycles. The van der Waals surface area contributed by atoms with E-state index in [1.165, 1.54) is 0 Å². The second-order valence-electron chi connectivity index (χ2n) is 5.92. The largest absolute Gasteiger partial charge is 0.480 e. The number of fused-ring (bicyclic) bond motifs is 3. The molecule has 3 N–H and O–H groups in total. The fraction of sp³-hybridized carbons (Fsp3) is 0.167. The number of carboxylic acid groups (broad SMARTS) is 1. The zero-order chi connectivity index (χ0) is 16.8. The lowest BCUT2D eigenvalue weighted by atomic mass is 9.90. The molecular weight excluding hydrogens is 436 g/mol. The number of aromatic amines is 1. The molecule has 6 heteroatoms. The Morgan fingerprint density at radius 2 is 1.96 bits per heavy atom. The molecule has 0 radical (unpaired) electrons.